The maximum atomic E-state index is 12.9. The van der Waals surface area contributed by atoms with Gasteiger partial charge in [-0.15, -0.1) is 0 Å². The van der Waals surface area contributed by atoms with Gasteiger partial charge in [0.15, 0.2) is 5.17 Å². The van der Waals surface area contributed by atoms with Crippen LogP contribution in [0.4, 0.5) is 16.2 Å². The standard InChI is InChI=1S/C26H30N4O3S/c1-5-33-24(31)21-18(4)27-26-30(14-7-15-34-26)23(21)19-10-12-20(13-11-19)28-25(32)29-22-16(2)8-6-9-17(22)3/h6,8-13,23H,5,7,14-15H2,1-4H3,(H2,28,29,32)/t23-/m1/s1. The lowest BCUT2D eigenvalue weighted by atomic mass is 9.94. The summed E-state index contributed by atoms with van der Waals surface area (Å²) in [5.74, 6) is 0.682. The van der Waals surface area contributed by atoms with E-state index >= 15 is 0 Å². The molecule has 2 N–H and O–H groups in total. The van der Waals surface area contributed by atoms with Crippen LogP contribution in [0.5, 0.6) is 0 Å². The van der Waals surface area contributed by atoms with Crippen molar-refractivity contribution in [3.63, 3.8) is 0 Å². The first-order valence-electron chi connectivity index (χ1n) is 11.5. The number of nitrogens with one attached hydrogen (secondary N) is 2. The minimum absolute atomic E-state index is 0.267. The Kier molecular flexibility index (Phi) is 7.26. The monoisotopic (exact) mass is 478 g/mol. The van der Waals surface area contributed by atoms with Crippen molar-refractivity contribution in [2.75, 3.05) is 29.5 Å². The number of thioether (sulfide) groups is 1. The van der Waals surface area contributed by atoms with E-state index in [0.29, 0.717) is 23.6 Å². The summed E-state index contributed by atoms with van der Waals surface area (Å²) in [6.45, 7) is 8.74. The van der Waals surface area contributed by atoms with Gasteiger partial charge in [0.25, 0.3) is 0 Å². The van der Waals surface area contributed by atoms with Gasteiger partial charge in [-0.05, 0) is 62.9 Å². The summed E-state index contributed by atoms with van der Waals surface area (Å²) in [5.41, 5.74) is 5.72. The molecule has 1 saturated heterocycles. The number of aryl methyl sites for hydroxylation is 2. The Balaban J connectivity index is 1.56. The molecule has 0 bridgehead atoms. The van der Waals surface area contributed by atoms with Crippen molar-refractivity contribution in [1.29, 1.82) is 0 Å². The molecule has 2 heterocycles. The predicted octanol–water partition coefficient (Wildman–Crippen LogP) is 5.63. The number of anilines is 2. The first-order chi connectivity index (χ1) is 16.4. The Morgan fingerprint density at radius 1 is 1.09 bits per heavy atom. The normalized spacial score (nSPS) is 17.6. The molecule has 2 aliphatic heterocycles. The Bertz CT molecular complexity index is 1140. The molecule has 2 aromatic carbocycles. The Morgan fingerprint density at radius 2 is 1.79 bits per heavy atom. The maximum Gasteiger partial charge on any atom is 0.338 e. The Morgan fingerprint density at radius 3 is 2.47 bits per heavy atom. The Hall–Kier alpha value is -3.26. The molecule has 0 radical (unpaired) electrons. The van der Waals surface area contributed by atoms with Crippen molar-refractivity contribution in [3.05, 3.63) is 70.4 Å². The molecule has 178 valence electrons. The van der Waals surface area contributed by atoms with Crippen LogP contribution < -0.4 is 10.6 Å². The number of esters is 1. The number of nitrogens with zero attached hydrogens (tertiary/aromatic N) is 2. The molecule has 0 unspecified atom stereocenters. The lowest BCUT2D eigenvalue weighted by Crippen LogP contribution is -2.42. The zero-order chi connectivity index (χ0) is 24.2. The smallest absolute Gasteiger partial charge is 0.338 e. The molecule has 0 aliphatic carbocycles. The third-order valence-corrected chi connectivity index (χ3v) is 7.03. The quantitative estimate of drug-likeness (QED) is 0.544. The molecular formula is C26H30N4O3S. The molecule has 4 rings (SSSR count). The summed E-state index contributed by atoms with van der Waals surface area (Å²) in [4.78, 5) is 32.3. The van der Waals surface area contributed by atoms with Crippen LogP contribution in [0.25, 0.3) is 0 Å². The van der Waals surface area contributed by atoms with Gasteiger partial charge in [0.05, 0.1) is 23.9 Å². The molecule has 34 heavy (non-hydrogen) atoms. The average molecular weight is 479 g/mol. The van der Waals surface area contributed by atoms with E-state index in [0.717, 1.165) is 46.3 Å². The summed E-state index contributed by atoms with van der Waals surface area (Å²) in [6, 6.07) is 13.0. The van der Waals surface area contributed by atoms with Gasteiger partial charge in [-0.2, -0.15) is 0 Å². The summed E-state index contributed by atoms with van der Waals surface area (Å²) < 4.78 is 5.37. The number of amidine groups is 1. The summed E-state index contributed by atoms with van der Waals surface area (Å²) >= 11 is 1.72. The van der Waals surface area contributed by atoms with Crippen LogP contribution in [0.2, 0.25) is 0 Å². The van der Waals surface area contributed by atoms with Crippen LogP contribution in [0, 0.1) is 13.8 Å². The number of benzene rings is 2. The highest BCUT2D eigenvalue weighted by molar-refractivity contribution is 8.13. The maximum absolute atomic E-state index is 12.9. The number of hydrogen-bond acceptors (Lipinski definition) is 6. The van der Waals surface area contributed by atoms with Crippen LogP contribution in [0.1, 0.15) is 43.0 Å². The second-order valence-corrected chi connectivity index (χ2v) is 9.44. The molecule has 2 aliphatic rings. The molecule has 0 saturated carbocycles. The number of para-hydroxylation sites is 1. The molecule has 8 heteroatoms. The predicted molar refractivity (Wildman–Crippen MR) is 138 cm³/mol. The van der Waals surface area contributed by atoms with Gasteiger partial charge in [0.2, 0.25) is 0 Å². The molecule has 2 amide bonds. The SMILES string of the molecule is CCOC(=O)C1=C(C)N=C2SCCCN2[C@@H]1c1ccc(NC(=O)Nc2c(C)cccc2C)cc1. The zero-order valence-electron chi connectivity index (χ0n) is 20.0. The van der Waals surface area contributed by atoms with Crippen molar-refractivity contribution in [2.24, 2.45) is 4.99 Å². The molecule has 0 aromatic heterocycles. The summed E-state index contributed by atoms with van der Waals surface area (Å²) in [7, 11) is 0. The van der Waals surface area contributed by atoms with Gasteiger partial charge < -0.3 is 20.3 Å². The fourth-order valence-electron chi connectivity index (χ4n) is 4.32. The molecular weight excluding hydrogens is 448 g/mol. The lowest BCUT2D eigenvalue weighted by molar-refractivity contribution is -0.139. The first-order valence-corrected chi connectivity index (χ1v) is 12.5. The highest BCUT2D eigenvalue weighted by atomic mass is 32.2. The van der Waals surface area contributed by atoms with E-state index in [1.54, 1.807) is 18.7 Å². The number of hydrogen-bond donors (Lipinski definition) is 2. The number of allylic oxidation sites excluding steroid dienone is 1. The number of amides is 2. The largest absolute Gasteiger partial charge is 0.463 e. The minimum Gasteiger partial charge on any atom is -0.463 e. The van der Waals surface area contributed by atoms with Crippen LogP contribution in [0.3, 0.4) is 0 Å². The van der Waals surface area contributed by atoms with E-state index in [4.69, 9.17) is 9.73 Å². The van der Waals surface area contributed by atoms with Crippen molar-refractivity contribution < 1.29 is 14.3 Å². The lowest BCUT2D eigenvalue weighted by Gasteiger charge is -2.40. The molecule has 1 fully saturated rings. The van der Waals surface area contributed by atoms with E-state index in [-0.39, 0.29) is 18.0 Å². The summed E-state index contributed by atoms with van der Waals surface area (Å²) in [6.07, 6.45) is 1.02. The third kappa shape index (κ3) is 4.97. The van der Waals surface area contributed by atoms with Crippen molar-refractivity contribution >= 4 is 40.3 Å². The van der Waals surface area contributed by atoms with E-state index in [2.05, 4.69) is 15.5 Å². The second kappa shape index (κ2) is 10.3. The summed E-state index contributed by atoms with van der Waals surface area (Å²) in [5, 5.41) is 6.78. The fourth-order valence-corrected chi connectivity index (χ4v) is 5.34. The average Bonchev–Trinajstić information content (AvgIpc) is 2.81. The number of aliphatic imine (C=N–C) groups is 1. The van der Waals surface area contributed by atoms with Gasteiger partial charge in [0, 0.05) is 23.7 Å². The Labute approximate surface area is 204 Å². The number of ether oxygens (including phenoxy) is 1. The van der Waals surface area contributed by atoms with Crippen LogP contribution in [0.15, 0.2) is 58.7 Å². The molecule has 2 aromatic rings. The van der Waals surface area contributed by atoms with Gasteiger partial charge >= 0.3 is 12.0 Å². The third-order valence-electron chi connectivity index (χ3n) is 5.96. The van der Waals surface area contributed by atoms with Crippen molar-refractivity contribution in [2.45, 2.75) is 40.2 Å². The minimum atomic E-state index is -0.335. The highest BCUT2D eigenvalue weighted by Gasteiger charge is 2.37. The van der Waals surface area contributed by atoms with E-state index in [1.807, 2.05) is 63.2 Å². The molecule has 7 nitrogen and oxygen atoms in total. The van der Waals surface area contributed by atoms with Crippen molar-refractivity contribution in [3.8, 4) is 0 Å². The van der Waals surface area contributed by atoms with Crippen LogP contribution in [-0.2, 0) is 9.53 Å². The fraction of sp³-hybridized carbons (Fsp3) is 0.346. The number of carbonyl (C=O) groups excluding carboxylic acids is 2. The van der Waals surface area contributed by atoms with Crippen LogP contribution >= 0.6 is 11.8 Å². The number of rotatable bonds is 5. The topological polar surface area (TPSA) is 83.0 Å². The van der Waals surface area contributed by atoms with E-state index < -0.39 is 0 Å². The van der Waals surface area contributed by atoms with Gasteiger partial charge in [-0.1, -0.05) is 42.1 Å². The van der Waals surface area contributed by atoms with Gasteiger partial charge in [-0.3, -0.25) is 0 Å². The molecule has 0 spiro atoms. The highest BCUT2D eigenvalue weighted by Crippen LogP contribution is 2.40. The van der Waals surface area contributed by atoms with Gasteiger partial charge in [0.1, 0.15) is 0 Å². The number of fused-ring (bicyclic) bond motifs is 1. The van der Waals surface area contributed by atoms with E-state index in [9.17, 15) is 9.59 Å². The first kappa shape index (κ1) is 23.9. The van der Waals surface area contributed by atoms with Gasteiger partial charge in [-0.25, -0.2) is 14.6 Å². The second-order valence-electron chi connectivity index (χ2n) is 8.38. The van der Waals surface area contributed by atoms with Crippen LogP contribution in [-0.4, -0.2) is 41.0 Å². The van der Waals surface area contributed by atoms with E-state index in [1.165, 1.54) is 0 Å². The molecule has 1 atom stereocenters. The zero-order valence-corrected chi connectivity index (χ0v) is 20.8. The number of urea groups is 1. The number of carbonyl (C=O) groups is 2. The van der Waals surface area contributed by atoms with Crippen molar-refractivity contribution in [1.82, 2.24) is 4.90 Å².